The van der Waals surface area contributed by atoms with Crippen LogP contribution in [0.4, 0.5) is 0 Å². The minimum absolute atomic E-state index is 0.268. The van der Waals surface area contributed by atoms with E-state index in [1.165, 1.54) is 31.2 Å². The number of rotatable bonds is 7. The first kappa shape index (κ1) is 18.5. The number of para-hydroxylation sites is 1. The quantitative estimate of drug-likeness (QED) is 0.820. The number of benzene rings is 1. The van der Waals surface area contributed by atoms with Gasteiger partial charge in [-0.05, 0) is 25.3 Å². The Kier molecular flexibility index (Phi) is 6.57. The van der Waals surface area contributed by atoms with Gasteiger partial charge in [0, 0.05) is 50.4 Å². The molecule has 0 radical (unpaired) electrons. The van der Waals surface area contributed by atoms with Crippen molar-refractivity contribution in [3.05, 3.63) is 23.8 Å². The third-order valence-corrected chi connectivity index (χ3v) is 5.75. The van der Waals surface area contributed by atoms with Gasteiger partial charge in [-0.25, -0.2) is 0 Å². The Labute approximate surface area is 151 Å². The largest absolute Gasteiger partial charge is 0.493 e. The second-order valence-corrected chi connectivity index (χ2v) is 7.23. The molecular formula is C20H32N2O3. The van der Waals surface area contributed by atoms with Gasteiger partial charge in [0.15, 0.2) is 11.5 Å². The highest BCUT2D eigenvalue weighted by Gasteiger charge is 2.33. The fourth-order valence-corrected chi connectivity index (χ4v) is 4.52. The molecule has 1 saturated carbocycles. The summed E-state index contributed by atoms with van der Waals surface area (Å²) in [5.41, 5.74) is 1.17. The molecule has 1 atom stereocenters. The summed E-state index contributed by atoms with van der Waals surface area (Å²) < 4.78 is 11.0. The molecule has 1 aromatic carbocycles. The molecule has 1 heterocycles. The van der Waals surface area contributed by atoms with E-state index in [-0.39, 0.29) is 6.61 Å². The van der Waals surface area contributed by atoms with Crippen LogP contribution in [-0.2, 0) is 6.54 Å². The zero-order valence-electron chi connectivity index (χ0n) is 15.6. The lowest BCUT2D eigenvalue weighted by molar-refractivity contribution is 0.0264. The summed E-state index contributed by atoms with van der Waals surface area (Å²) in [6.07, 6.45) is 6.23. The lowest BCUT2D eigenvalue weighted by Gasteiger charge is -2.44. The van der Waals surface area contributed by atoms with Gasteiger partial charge in [0.05, 0.1) is 14.2 Å². The highest BCUT2D eigenvalue weighted by molar-refractivity contribution is 5.46. The van der Waals surface area contributed by atoms with E-state index < -0.39 is 0 Å². The average molecular weight is 348 g/mol. The SMILES string of the molecule is COc1cccc(CN2CCN(C3CCCC3)[C@H](CCO)C2)c1OC. The highest BCUT2D eigenvalue weighted by Crippen LogP contribution is 2.33. The van der Waals surface area contributed by atoms with Crippen molar-refractivity contribution < 1.29 is 14.6 Å². The lowest BCUT2D eigenvalue weighted by atomic mass is 10.0. The van der Waals surface area contributed by atoms with Crippen LogP contribution in [0.15, 0.2) is 18.2 Å². The minimum atomic E-state index is 0.268. The number of methoxy groups -OCH3 is 2. The normalized spacial score (nSPS) is 23.1. The standard InChI is InChI=1S/C20H32N2O3/c1-24-19-9-5-6-16(20(19)25-2)14-21-11-12-22(17-7-3-4-8-17)18(15-21)10-13-23/h5-6,9,17-18,23H,3-4,7-8,10-15H2,1-2H3/t18-/m1/s1. The van der Waals surface area contributed by atoms with E-state index in [0.717, 1.165) is 50.1 Å². The van der Waals surface area contributed by atoms with E-state index in [9.17, 15) is 5.11 Å². The van der Waals surface area contributed by atoms with Crippen LogP contribution in [0.2, 0.25) is 0 Å². The first-order valence-electron chi connectivity index (χ1n) is 9.55. The number of ether oxygens (including phenoxy) is 2. The second-order valence-electron chi connectivity index (χ2n) is 7.23. The van der Waals surface area contributed by atoms with Gasteiger partial charge in [-0.3, -0.25) is 9.80 Å². The van der Waals surface area contributed by atoms with Crippen molar-refractivity contribution in [2.45, 2.75) is 50.7 Å². The number of hydrogen-bond donors (Lipinski definition) is 1. The van der Waals surface area contributed by atoms with Gasteiger partial charge in [-0.15, -0.1) is 0 Å². The van der Waals surface area contributed by atoms with Crippen molar-refractivity contribution in [1.29, 1.82) is 0 Å². The monoisotopic (exact) mass is 348 g/mol. The molecule has 3 rings (SSSR count). The molecule has 0 aromatic heterocycles. The number of aliphatic hydroxyl groups excluding tert-OH is 1. The molecule has 2 aliphatic rings. The lowest BCUT2D eigenvalue weighted by Crippen LogP contribution is -2.56. The molecule has 1 saturated heterocycles. The molecule has 0 bridgehead atoms. The smallest absolute Gasteiger partial charge is 0.165 e. The summed E-state index contributed by atoms with van der Waals surface area (Å²) in [5.74, 6) is 1.62. The van der Waals surface area contributed by atoms with Crippen LogP contribution in [-0.4, -0.2) is 67.5 Å². The maximum atomic E-state index is 9.52. The number of aliphatic hydroxyl groups is 1. The van der Waals surface area contributed by atoms with Gasteiger partial charge in [-0.2, -0.15) is 0 Å². The number of piperazine rings is 1. The van der Waals surface area contributed by atoms with Gasteiger partial charge >= 0.3 is 0 Å². The van der Waals surface area contributed by atoms with Crippen molar-refractivity contribution in [2.24, 2.45) is 0 Å². The van der Waals surface area contributed by atoms with Crippen LogP contribution < -0.4 is 9.47 Å². The van der Waals surface area contributed by atoms with Crippen molar-refractivity contribution in [2.75, 3.05) is 40.5 Å². The van der Waals surface area contributed by atoms with E-state index in [0.29, 0.717) is 6.04 Å². The molecule has 1 N–H and O–H groups in total. The summed E-state index contributed by atoms with van der Waals surface area (Å²) in [4.78, 5) is 5.16. The fourth-order valence-electron chi connectivity index (χ4n) is 4.52. The van der Waals surface area contributed by atoms with Crippen LogP contribution in [0.5, 0.6) is 11.5 Å². The topological polar surface area (TPSA) is 45.2 Å². The van der Waals surface area contributed by atoms with Crippen LogP contribution in [0, 0.1) is 0 Å². The predicted molar refractivity (Wildman–Crippen MR) is 99.3 cm³/mol. The summed E-state index contributed by atoms with van der Waals surface area (Å²) in [6.45, 7) is 4.31. The van der Waals surface area contributed by atoms with Crippen molar-refractivity contribution in [3.63, 3.8) is 0 Å². The summed E-state index contributed by atoms with van der Waals surface area (Å²) in [7, 11) is 3.38. The van der Waals surface area contributed by atoms with E-state index >= 15 is 0 Å². The van der Waals surface area contributed by atoms with E-state index in [4.69, 9.17) is 9.47 Å². The Balaban J connectivity index is 1.68. The Morgan fingerprint density at radius 2 is 1.92 bits per heavy atom. The van der Waals surface area contributed by atoms with Crippen molar-refractivity contribution in [1.82, 2.24) is 9.80 Å². The van der Waals surface area contributed by atoms with E-state index in [2.05, 4.69) is 15.9 Å². The molecular weight excluding hydrogens is 316 g/mol. The van der Waals surface area contributed by atoms with Gasteiger partial charge < -0.3 is 14.6 Å². The number of nitrogens with zero attached hydrogens (tertiary/aromatic N) is 2. The first-order chi connectivity index (χ1) is 12.3. The van der Waals surface area contributed by atoms with Gasteiger partial charge in [0.25, 0.3) is 0 Å². The zero-order chi connectivity index (χ0) is 17.6. The molecule has 140 valence electrons. The summed E-state index contributed by atoms with van der Waals surface area (Å²) in [5, 5.41) is 9.52. The third kappa shape index (κ3) is 4.27. The van der Waals surface area contributed by atoms with Gasteiger partial charge in [-0.1, -0.05) is 25.0 Å². The molecule has 1 aliphatic heterocycles. The first-order valence-corrected chi connectivity index (χ1v) is 9.55. The molecule has 0 unspecified atom stereocenters. The molecule has 5 heteroatoms. The molecule has 1 aromatic rings. The Morgan fingerprint density at radius 1 is 1.12 bits per heavy atom. The van der Waals surface area contributed by atoms with Crippen LogP contribution in [0.3, 0.4) is 0 Å². The minimum Gasteiger partial charge on any atom is -0.493 e. The molecule has 0 spiro atoms. The molecule has 2 fully saturated rings. The van der Waals surface area contributed by atoms with Crippen molar-refractivity contribution >= 4 is 0 Å². The van der Waals surface area contributed by atoms with Gasteiger partial charge in [0.1, 0.15) is 0 Å². The van der Waals surface area contributed by atoms with Crippen LogP contribution >= 0.6 is 0 Å². The third-order valence-electron chi connectivity index (χ3n) is 5.75. The predicted octanol–water partition coefficient (Wildman–Crippen LogP) is 2.52. The van der Waals surface area contributed by atoms with Crippen LogP contribution in [0.25, 0.3) is 0 Å². The Bertz CT molecular complexity index is 546. The molecule has 5 nitrogen and oxygen atoms in total. The maximum absolute atomic E-state index is 9.52. The molecule has 1 aliphatic carbocycles. The molecule has 25 heavy (non-hydrogen) atoms. The zero-order valence-corrected chi connectivity index (χ0v) is 15.6. The average Bonchev–Trinajstić information content (AvgIpc) is 3.16. The fraction of sp³-hybridized carbons (Fsp3) is 0.700. The maximum Gasteiger partial charge on any atom is 0.165 e. The Hall–Kier alpha value is -1.30. The van der Waals surface area contributed by atoms with Crippen molar-refractivity contribution in [3.8, 4) is 11.5 Å². The van der Waals surface area contributed by atoms with E-state index in [1.54, 1.807) is 14.2 Å². The summed E-state index contributed by atoms with van der Waals surface area (Å²) in [6, 6.07) is 7.26. The Morgan fingerprint density at radius 3 is 2.60 bits per heavy atom. The van der Waals surface area contributed by atoms with Crippen LogP contribution in [0.1, 0.15) is 37.7 Å². The second kappa shape index (κ2) is 8.88. The molecule has 0 amide bonds. The number of hydrogen-bond acceptors (Lipinski definition) is 5. The van der Waals surface area contributed by atoms with Gasteiger partial charge in [0.2, 0.25) is 0 Å². The summed E-state index contributed by atoms with van der Waals surface area (Å²) >= 11 is 0. The van der Waals surface area contributed by atoms with E-state index in [1.807, 2.05) is 12.1 Å². The highest BCUT2D eigenvalue weighted by atomic mass is 16.5.